The molecule has 20 heavy (non-hydrogen) atoms. The van der Waals surface area contributed by atoms with Crippen molar-refractivity contribution in [3.8, 4) is 5.75 Å². The second-order valence-electron chi connectivity index (χ2n) is 5.82. The molecule has 1 N–H and O–H groups in total. The van der Waals surface area contributed by atoms with Gasteiger partial charge in [-0.15, -0.1) is 0 Å². The molecule has 110 valence electrons. The first kappa shape index (κ1) is 14.9. The summed E-state index contributed by atoms with van der Waals surface area (Å²) in [5, 5.41) is 9.25. The van der Waals surface area contributed by atoms with Gasteiger partial charge < -0.3 is 9.84 Å². The maximum atomic E-state index is 11.2. The fraction of sp³-hybridized carbons (Fsp3) is 0.562. The van der Waals surface area contributed by atoms with Crippen molar-refractivity contribution >= 4 is 5.97 Å². The van der Waals surface area contributed by atoms with Crippen LogP contribution in [0.4, 0.5) is 0 Å². The summed E-state index contributed by atoms with van der Waals surface area (Å²) in [5.74, 6) is 0.199. The summed E-state index contributed by atoms with van der Waals surface area (Å²) >= 11 is 0. The molecule has 1 aromatic carbocycles. The standard InChI is InChI=1S/C16H23NO3/c1-3-9-20-14-6-4-5-13(10-14)11-17-8-7-16(2,12-17)15(18)19/h4-6,10H,3,7-9,11-12H2,1-2H3,(H,18,19). The Morgan fingerprint density at radius 2 is 2.30 bits per heavy atom. The predicted molar refractivity (Wildman–Crippen MR) is 77.9 cm³/mol. The number of benzene rings is 1. The Labute approximate surface area is 120 Å². The molecule has 1 aromatic rings. The minimum atomic E-state index is -0.694. The van der Waals surface area contributed by atoms with E-state index in [9.17, 15) is 9.90 Å². The van der Waals surface area contributed by atoms with Crippen LogP contribution in [0.15, 0.2) is 24.3 Å². The van der Waals surface area contributed by atoms with Crippen molar-refractivity contribution in [2.45, 2.75) is 33.2 Å². The van der Waals surface area contributed by atoms with E-state index in [1.807, 2.05) is 25.1 Å². The summed E-state index contributed by atoms with van der Waals surface area (Å²) in [7, 11) is 0. The molecular weight excluding hydrogens is 254 g/mol. The minimum absolute atomic E-state index is 0.601. The van der Waals surface area contributed by atoms with E-state index in [0.29, 0.717) is 13.0 Å². The number of carbonyl (C=O) groups is 1. The van der Waals surface area contributed by atoms with E-state index in [0.717, 1.165) is 31.9 Å². The Balaban J connectivity index is 1.96. The van der Waals surface area contributed by atoms with Gasteiger partial charge in [-0.3, -0.25) is 9.69 Å². The number of carboxylic acids is 1. The van der Waals surface area contributed by atoms with Gasteiger partial charge in [-0.25, -0.2) is 0 Å². The van der Waals surface area contributed by atoms with Crippen LogP contribution in [0.1, 0.15) is 32.3 Å². The monoisotopic (exact) mass is 277 g/mol. The van der Waals surface area contributed by atoms with Crippen molar-refractivity contribution < 1.29 is 14.6 Å². The summed E-state index contributed by atoms with van der Waals surface area (Å²) in [6.07, 6.45) is 1.71. The van der Waals surface area contributed by atoms with Crippen LogP contribution in [0.25, 0.3) is 0 Å². The summed E-state index contributed by atoms with van der Waals surface area (Å²) in [4.78, 5) is 13.4. The Kier molecular flexibility index (Phi) is 4.65. The topological polar surface area (TPSA) is 49.8 Å². The Morgan fingerprint density at radius 3 is 2.95 bits per heavy atom. The van der Waals surface area contributed by atoms with Gasteiger partial charge in [-0.1, -0.05) is 19.1 Å². The molecule has 4 heteroatoms. The molecule has 0 spiro atoms. The average Bonchev–Trinajstić information content (AvgIpc) is 2.80. The molecule has 4 nitrogen and oxygen atoms in total. The average molecular weight is 277 g/mol. The van der Waals surface area contributed by atoms with E-state index in [1.54, 1.807) is 0 Å². The smallest absolute Gasteiger partial charge is 0.310 e. The summed E-state index contributed by atoms with van der Waals surface area (Å²) in [6.45, 7) is 6.87. The second kappa shape index (κ2) is 6.27. The maximum absolute atomic E-state index is 11.2. The van der Waals surface area contributed by atoms with Crippen molar-refractivity contribution in [3.63, 3.8) is 0 Å². The molecule has 1 aliphatic rings. The Bertz CT molecular complexity index is 475. The van der Waals surface area contributed by atoms with E-state index < -0.39 is 11.4 Å². The Hall–Kier alpha value is -1.55. The summed E-state index contributed by atoms with van der Waals surface area (Å²) in [6, 6.07) is 8.07. The van der Waals surface area contributed by atoms with E-state index in [1.165, 1.54) is 5.56 Å². The minimum Gasteiger partial charge on any atom is -0.494 e. The van der Waals surface area contributed by atoms with Gasteiger partial charge >= 0.3 is 5.97 Å². The highest BCUT2D eigenvalue weighted by Gasteiger charge is 2.40. The fourth-order valence-electron chi connectivity index (χ4n) is 2.58. The van der Waals surface area contributed by atoms with Gasteiger partial charge in [0.05, 0.1) is 12.0 Å². The van der Waals surface area contributed by atoms with Gasteiger partial charge in [0.25, 0.3) is 0 Å². The van der Waals surface area contributed by atoms with Crippen molar-refractivity contribution in [1.29, 1.82) is 0 Å². The fourth-order valence-corrected chi connectivity index (χ4v) is 2.58. The van der Waals surface area contributed by atoms with E-state index >= 15 is 0 Å². The first-order chi connectivity index (χ1) is 9.53. The summed E-state index contributed by atoms with van der Waals surface area (Å²) < 4.78 is 5.63. The lowest BCUT2D eigenvalue weighted by atomic mass is 9.90. The van der Waals surface area contributed by atoms with Crippen LogP contribution in [0.3, 0.4) is 0 Å². The van der Waals surface area contributed by atoms with Gasteiger partial charge in [-0.2, -0.15) is 0 Å². The van der Waals surface area contributed by atoms with Crippen LogP contribution in [-0.4, -0.2) is 35.7 Å². The molecular formula is C16H23NO3. The largest absolute Gasteiger partial charge is 0.494 e. The number of aliphatic carboxylic acids is 1. The number of hydrogen-bond donors (Lipinski definition) is 1. The van der Waals surface area contributed by atoms with Crippen molar-refractivity contribution in [3.05, 3.63) is 29.8 Å². The lowest BCUT2D eigenvalue weighted by Crippen LogP contribution is -2.31. The molecule has 1 unspecified atom stereocenters. The van der Waals surface area contributed by atoms with E-state index in [4.69, 9.17) is 4.74 Å². The zero-order chi connectivity index (χ0) is 14.6. The molecule has 1 aliphatic heterocycles. The zero-order valence-corrected chi connectivity index (χ0v) is 12.3. The third-order valence-electron chi connectivity index (χ3n) is 3.85. The Morgan fingerprint density at radius 1 is 1.50 bits per heavy atom. The lowest BCUT2D eigenvalue weighted by Gasteiger charge is -2.20. The van der Waals surface area contributed by atoms with Gasteiger partial charge in [0.1, 0.15) is 5.75 Å². The van der Waals surface area contributed by atoms with Crippen LogP contribution in [-0.2, 0) is 11.3 Å². The molecule has 1 fully saturated rings. The van der Waals surface area contributed by atoms with Crippen LogP contribution >= 0.6 is 0 Å². The number of carboxylic acid groups (broad SMARTS) is 1. The number of nitrogens with zero attached hydrogens (tertiary/aromatic N) is 1. The molecule has 1 saturated heterocycles. The van der Waals surface area contributed by atoms with E-state index in [-0.39, 0.29) is 0 Å². The SMILES string of the molecule is CCCOc1cccc(CN2CCC(C)(C(=O)O)C2)c1. The molecule has 0 radical (unpaired) electrons. The van der Waals surface area contributed by atoms with Gasteiger partial charge in [-0.05, 0) is 44.0 Å². The molecule has 0 bridgehead atoms. The first-order valence-electron chi connectivity index (χ1n) is 7.21. The third-order valence-corrected chi connectivity index (χ3v) is 3.85. The highest BCUT2D eigenvalue weighted by Crippen LogP contribution is 2.31. The molecule has 0 amide bonds. The van der Waals surface area contributed by atoms with Crippen molar-refractivity contribution in [2.75, 3.05) is 19.7 Å². The molecule has 0 aromatic heterocycles. The number of likely N-dealkylation sites (tertiary alicyclic amines) is 1. The number of hydrogen-bond acceptors (Lipinski definition) is 3. The van der Waals surface area contributed by atoms with E-state index in [2.05, 4.69) is 17.9 Å². The lowest BCUT2D eigenvalue weighted by molar-refractivity contribution is -0.147. The molecule has 0 aliphatic carbocycles. The van der Waals surface area contributed by atoms with Crippen LogP contribution in [0.2, 0.25) is 0 Å². The molecule has 0 saturated carbocycles. The van der Waals surface area contributed by atoms with Gasteiger partial charge in [0.15, 0.2) is 0 Å². The van der Waals surface area contributed by atoms with Crippen LogP contribution in [0.5, 0.6) is 5.75 Å². The normalized spacial score (nSPS) is 22.9. The van der Waals surface area contributed by atoms with Gasteiger partial charge in [0, 0.05) is 13.1 Å². The second-order valence-corrected chi connectivity index (χ2v) is 5.82. The zero-order valence-electron chi connectivity index (χ0n) is 12.3. The van der Waals surface area contributed by atoms with Crippen LogP contribution < -0.4 is 4.74 Å². The third kappa shape index (κ3) is 3.51. The molecule has 1 atom stereocenters. The predicted octanol–water partition coefficient (Wildman–Crippen LogP) is 2.77. The number of ether oxygens (including phenoxy) is 1. The summed E-state index contributed by atoms with van der Waals surface area (Å²) in [5.41, 5.74) is 0.573. The molecule has 2 rings (SSSR count). The first-order valence-corrected chi connectivity index (χ1v) is 7.21. The quantitative estimate of drug-likeness (QED) is 0.868. The highest BCUT2D eigenvalue weighted by atomic mass is 16.5. The number of rotatable bonds is 6. The van der Waals surface area contributed by atoms with Crippen molar-refractivity contribution in [1.82, 2.24) is 4.90 Å². The maximum Gasteiger partial charge on any atom is 0.310 e. The molecule has 1 heterocycles. The highest BCUT2D eigenvalue weighted by molar-refractivity contribution is 5.74. The van der Waals surface area contributed by atoms with Crippen LogP contribution in [0, 0.1) is 5.41 Å². The van der Waals surface area contributed by atoms with Gasteiger partial charge in [0.2, 0.25) is 0 Å². The van der Waals surface area contributed by atoms with Crippen molar-refractivity contribution in [2.24, 2.45) is 5.41 Å².